The fraction of sp³-hybridized carbons (Fsp3) is 0.667. The molecule has 0 fully saturated rings. The maximum atomic E-state index is 9.17. The zero-order valence-electron chi connectivity index (χ0n) is 5.68. The van der Waals surface area contributed by atoms with E-state index < -0.39 is 11.5 Å². The van der Waals surface area contributed by atoms with Crippen LogP contribution in [0.1, 0.15) is 13.8 Å². The third-order valence-corrected chi connectivity index (χ3v) is 1.17. The van der Waals surface area contributed by atoms with Crippen LogP contribution in [0.5, 0.6) is 0 Å². The zero-order valence-corrected chi connectivity index (χ0v) is 5.68. The van der Waals surface area contributed by atoms with Crippen LogP contribution in [0.4, 0.5) is 0 Å². The smallest absolute Gasteiger partial charge is 0.0718 e. The molecule has 0 heterocycles. The minimum Gasteiger partial charge on any atom is -0.389 e. The van der Waals surface area contributed by atoms with Gasteiger partial charge in [0, 0.05) is 12.4 Å². The average molecular weight is 128 g/mol. The quantitative estimate of drug-likeness (QED) is 0.480. The highest BCUT2D eigenvalue weighted by atomic mass is 16.3. The van der Waals surface area contributed by atoms with Crippen LogP contribution in [0, 0.1) is 16.7 Å². The van der Waals surface area contributed by atoms with E-state index >= 15 is 0 Å². The molecule has 3 N–H and O–H groups in total. The van der Waals surface area contributed by atoms with E-state index in [2.05, 4.69) is 0 Å². The fourth-order valence-corrected chi connectivity index (χ4v) is 0.456. The van der Waals surface area contributed by atoms with Crippen LogP contribution >= 0.6 is 0 Å². The second kappa shape index (κ2) is 2.73. The van der Waals surface area contributed by atoms with Gasteiger partial charge in [-0.2, -0.15) is 0 Å². The van der Waals surface area contributed by atoms with Crippen LogP contribution in [0.25, 0.3) is 0 Å². The molecule has 0 rings (SSSR count). The van der Waals surface area contributed by atoms with Crippen molar-refractivity contribution in [1.82, 2.24) is 0 Å². The average Bonchev–Trinajstić information content (AvgIpc) is 1.65. The van der Waals surface area contributed by atoms with Gasteiger partial charge in [0.25, 0.3) is 0 Å². The third kappa shape index (κ3) is 2.37. The maximum absolute atomic E-state index is 9.17. The Morgan fingerprint density at radius 3 is 1.67 bits per heavy atom. The predicted molar refractivity (Wildman–Crippen MR) is 37.4 cm³/mol. The summed E-state index contributed by atoms with van der Waals surface area (Å²) < 4.78 is 0. The van der Waals surface area contributed by atoms with Crippen molar-refractivity contribution >= 4 is 12.4 Å². The van der Waals surface area contributed by atoms with E-state index in [9.17, 15) is 5.11 Å². The van der Waals surface area contributed by atoms with Crippen molar-refractivity contribution < 1.29 is 5.11 Å². The van der Waals surface area contributed by atoms with Gasteiger partial charge >= 0.3 is 0 Å². The van der Waals surface area contributed by atoms with Crippen LogP contribution in [-0.4, -0.2) is 23.1 Å². The van der Waals surface area contributed by atoms with E-state index in [-0.39, 0.29) is 0 Å². The molecule has 52 valence electrons. The molecule has 0 aliphatic heterocycles. The Bertz CT molecular complexity index is 107. The molecule has 0 aromatic heterocycles. The molecule has 9 heavy (non-hydrogen) atoms. The highest BCUT2D eigenvalue weighted by Crippen LogP contribution is 2.10. The Labute approximate surface area is 54.7 Å². The van der Waals surface area contributed by atoms with Gasteiger partial charge in [-0.1, -0.05) is 0 Å². The first-order valence-electron chi connectivity index (χ1n) is 2.76. The van der Waals surface area contributed by atoms with Crippen LogP contribution in [0.3, 0.4) is 0 Å². The fourth-order valence-electron chi connectivity index (χ4n) is 0.456. The lowest BCUT2D eigenvalue weighted by Gasteiger charge is -2.21. The number of hydrogen-bond acceptors (Lipinski definition) is 3. The second-order valence-corrected chi connectivity index (χ2v) is 2.51. The van der Waals surface area contributed by atoms with Crippen molar-refractivity contribution in [2.45, 2.75) is 19.4 Å². The molecular formula is C6H12N2O. The van der Waals surface area contributed by atoms with E-state index in [1.165, 1.54) is 0 Å². The Balaban J connectivity index is 4.11. The van der Waals surface area contributed by atoms with Gasteiger partial charge in [-0.3, -0.25) is 0 Å². The Hall–Kier alpha value is -0.700. The summed E-state index contributed by atoms with van der Waals surface area (Å²) in [7, 11) is 0. The summed E-state index contributed by atoms with van der Waals surface area (Å²) in [6, 6.07) is 0. The van der Waals surface area contributed by atoms with Crippen molar-refractivity contribution in [2.24, 2.45) is 5.92 Å². The lowest BCUT2D eigenvalue weighted by Crippen LogP contribution is -2.32. The molecule has 0 amide bonds. The van der Waals surface area contributed by atoms with Gasteiger partial charge in [-0.15, -0.1) is 0 Å². The van der Waals surface area contributed by atoms with E-state index in [0.29, 0.717) is 0 Å². The topological polar surface area (TPSA) is 67.9 Å². The molecule has 0 saturated heterocycles. The monoisotopic (exact) mass is 128 g/mol. The lowest BCUT2D eigenvalue weighted by atomic mass is 9.94. The number of aliphatic hydroxyl groups is 1. The first kappa shape index (κ1) is 8.30. The van der Waals surface area contributed by atoms with Crippen LogP contribution in [0.2, 0.25) is 0 Å². The SMILES string of the molecule is CC(C)(O)C(C=N)C=N. The van der Waals surface area contributed by atoms with Crippen molar-refractivity contribution in [3.05, 3.63) is 0 Å². The van der Waals surface area contributed by atoms with Crippen molar-refractivity contribution in [2.75, 3.05) is 0 Å². The largest absolute Gasteiger partial charge is 0.389 e. The van der Waals surface area contributed by atoms with Gasteiger partial charge in [0.1, 0.15) is 0 Å². The molecule has 0 spiro atoms. The Morgan fingerprint density at radius 2 is 1.67 bits per heavy atom. The van der Waals surface area contributed by atoms with Gasteiger partial charge in [0.2, 0.25) is 0 Å². The molecule has 0 atom stereocenters. The highest BCUT2D eigenvalue weighted by molar-refractivity contribution is 5.81. The summed E-state index contributed by atoms with van der Waals surface area (Å²) in [5.41, 5.74) is -0.969. The maximum Gasteiger partial charge on any atom is 0.0718 e. The summed E-state index contributed by atoms with van der Waals surface area (Å²) in [5, 5.41) is 22.7. The summed E-state index contributed by atoms with van der Waals surface area (Å²) in [6.07, 6.45) is 2.12. The molecule has 3 heteroatoms. The van der Waals surface area contributed by atoms with Crippen molar-refractivity contribution in [1.29, 1.82) is 10.8 Å². The van der Waals surface area contributed by atoms with Gasteiger partial charge in [-0.05, 0) is 13.8 Å². The molecular weight excluding hydrogens is 116 g/mol. The minimum atomic E-state index is -0.969. The first-order valence-corrected chi connectivity index (χ1v) is 2.76. The number of nitrogens with one attached hydrogen (secondary N) is 2. The molecule has 0 bridgehead atoms. The third-order valence-electron chi connectivity index (χ3n) is 1.17. The molecule has 0 aromatic carbocycles. The van der Waals surface area contributed by atoms with E-state index in [1.54, 1.807) is 13.8 Å². The van der Waals surface area contributed by atoms with Crippen LogP contribution in [0.15, 0.2) is 0 Å². The summed E-state index contributed by atoms with van der Waals surface area (Å²) >= 11 is 0. The highest BCUT2D eigenvalue weighted by Gasteiger charge is 2.21. The number of hydrogen-bond donors (Lipinski definition) is 3. The second-order valence-electron chi connectivity index (χ2n) is 2.51. The molecule has 0 unspecified atom stereocenters. The van der Waals surface area contributed by atoms with E-state index in [1.807, 2.05) is 0 Å². The number of rotatable bonds is 3. The molecule has 3 nitrogen and oxygen atoms in total. The summed E-state index contributed by atoms with van der Waals surface area (Å²) in [6.45, 7) is 3.15. The Kier molecular flexibility index (Phi) is 2.52. The molecule has 0 radical (unpaired) electrons. The molecule has 0 saturated carbocycles. The summed E-state index contributed by atoms with van der Waals surface area (Å²) in [4.78, 5) is 0. The van der Waals surface area contributed by atoms with E-state index in [4.69, 9.17) is 10.8 Å². The Morgan fingerprint density at radius 1 is 1.33 bits per heavy atom. The van der Waals surface area contributed by atoms with Crippen LogP contribution in [-0.2, 0) is 0 Å². The minimum absolute atomic E-state index is 0.461. The standard InChI is InChI=1S/C6H12N2O/c1-6(2,9)5(3-7)4-8/h3-5,7-9H,1-2H3. The lowest BCUT2D eigenvalue weighted by molar-refractivity contribution is 0.0698. The van der Waals surface area contributed by atoms with Crippen molar-refractivity contribution in [3.8, 4) is 0 Å². The molecule has 0 aliphatic rings. The zero-order chi connectivity index (χ0) is 7.49. The van der Waals surface area contributed by atoms with Crippen molar-refractivity contribution in [3.63, 3.8) is 0 Å². The normalized spacial score (nSPS) is 14.6. The van der Waals surface area contributed by atoms with Gasteiger partial charge in [0.15, 0.2) is 0 Å². The van der Waals surface area contributed by atoms with Gasteiger partial charge in [0.05, 0.1) is 11.5 Å². The first-order chi connectivity index (χ1) is 4.02. The molecule has 0 aliphatic carbocycles. The van der Waals surface area contributed by atoms with Crippen LogP contribution < -0.4 is 0 Å². The van der Waals surface area contributed by atoms with Gasteiger partial charge in [-0.25, -0.2) is 0 Å². The molecule has 0 aromatic rings. The predicted octanol–water partition coefficient (Wildman–Crippen LogP) is 0.673. The van der Waals surface area contributed by atoms with E-state index in [0.717, 1.165) is 12.4 Å². The van der Waals surface area contributed by atoms with Gasteiger partial charge < -0.3 is 15.9 Å². The summed E-state index contributed by atoms with van der Waals surface area (Å²) in [5.74, 6) is -0.461.